The van der Waals surface area contributed by atoms with Gasteiger partial charge in [0.2, 0.25) is 0 Å². The van der Waals surface area contributed by atoms with Crippen molar-refractivity contribution in [3.05, 3.63) is 42.0 Å². The molecule has 2 N–H and O–H groups in total. The van der Waals surface area contributed by atoms with Gasteiger partial charge in [0, 0.05) is 6.42 Å². The van der Waals surface area contributed by atoms with Gasteiger partial charge in [-0.25, -0.2) is 0 Å². The molecule has 0 aliphatic rings. The van der Waals surface area contributed by atoms with Gasteiger partial charge in [0.1, 0.15) is 6.10 Å². The van der Waals surface area contributed by atoms with Gasteiger partial charge < -0.3 is 24.4 Å². The van der Waals surface area contributed by atoms with Gasteiger partial charge in [-0.15, -0.1) is 0 Å². The first kappa shape index (κ1) is 32.7. The Labute approximate surface area is 224 Å². The lowest BCUT2D eigenvalue weighted by Gasteiger charge is -2.15. The lowest BCUT2D eigenvalue weighted by molar-refractivity contribution is -0.154. The van der Waals surface area contributed by atoms with Gasteiger partial charge in [-0.05, 0) is 49.8 Å². The van der Waals surface area contributed by atoms with Crippen LogP contribution in [0, 0.1) is 0 Å². The summed E-state index contributed by atoms with van der Waals surface area (Å²) in [4.78, 5) is 12.1. The first-order valence-electron chi connectivity index (χ1n) is 14.2. The average molecular weight is 519 g/mol. The summed E-state index contributed by atoms with van der Waals surface area (Å²) >= 11 is 0. The largest absolute Gasteiger partial charge is 0.504 e. The van der Waals surface area contributed by atoms with E-state index in [1.807, 2.05) is 12.2 Å². The zero-order valence-corrected chi connectivity index (χ0v) is 23.2. The second-order valence-electron chi connectivity index (χ2n) is 9.50. The summed E-state index contributed by atoms with van der Waals surface area (Å²) in [5.41, 5.74) is 0.864. The number of ether oxygens (including phenoxy) is 3. The zero-order valence-electron chi connectivity index (χ0n) is 23.2. The minimum Gasteiger partial charge on any atom is -0.504 e. The van der Waals surface area contributed by atoms with Crippen LogP contribution in [-0.2, 0) is 14.3 Å². The highest BCUT2D eigenvalue weighted by molar-refractivity contribution is 5.69. The Morgan fingerprint density at radius 3 is 2.22 bits per heavy atom. The number of aliphatic hydroxyl groups excluding tert-OH is 1. The summed E-state index contributed by atoms with van der Waals surface area (Å²) in [5, 5.41) is 19.1. The molecule has 1 atom stereocenters. The fraction of sp³-hybridized carbons (Fsp3) is 0.645. The molecule has 0 fully saturated rings. The van der Waals surface area contributed by atoms with Crippen molar-refractivity contribution >= 4 is 12.0 Å². The standard InChI is InChI=1S/C31H50O6/c1-3-4-5-6-7-8-9-10-11-12-13-14-15-16-17-20-31(34)37-28(25-32)26-36-23-18-19-27-21-22-29(33)30(24-27)35-2/h10-11,18-19,21-22,24,28,32-33H,3-9,12-17,20,23,25-26H2,1-2H3/b11-10-,19-18?. The quantitative estimate of drug-likeness (QED) is 0.0893. The monoisotopic (exact) mass is 518 g/mol. The third-order valence-electron chi connectivity index (χ3n) is 6.18. The van der Waals surface area contributed by atoms with Crippen LogP contribution in [0.15, 0.2) is 36.4 Å². The summed E-state index contributed by atoms with van der Waals surface area (Å²) < 4.78 is 15.9. The molecule has 1 rings (SSSR count). The molecule has 1 aromatic rings. The fourth-order valence-corrected chi connectivity index (χ4v) is 3.96. The summed E-state index contributed by atoms with van der Waals surface area (Å²) in [7, 11) is 1.50. The van der Waals surface area contributed by atoms with Crippen LogP contribution in [0.3, 0.4) is 0 Å². The number of phenols is 1. The number of allylic oxidation sites excluding steroid dienone is 2. The third kappa shape index (κ3) is 17.7. The number of hydrogen-bond donors (Lipinski definition) is 2. The van der Waals surface area contributed by atoms with E-state index < -0.39 is 6.10 Å². The first-order chi connectivity index (χ1) is 18.1. The Balaban J connectivity index is 2.02. The molecule has 0 radical (unpaired) electrons. The van der Waals surface area contributed by atoms with E-state index in [1.165, 1.54) is 64.9 Å². The number of phenolic OH excluding ortho intramolecular Hbond substituents is 1. The maximum absolute atomic E-state index is 12.1. The SMILES string of the molecule is CCCCCCCC/C=C\CCCCCCCC(=O)OC(CO)COCC=Cc1ccc(O)c(OC)c1. The number of carbonyl (C=O) groups is 1. The molecule has 0 amide bonds. The maximum Gasteiger partial charge on any atom is 0.306 e. The molecule has 0 spiro atoms. The van der Waals surface area contributed by atoms with Crippen molar-refractivity contribution in [2.24, 2.45) is 0 Å². The normalized spacial score (nSPS) is 12.4. The minimum atomic E-state index is -0.655. The van der Waals surface area contributed by atoms with Crippen molar-refractivity contribution in [1.29, 1.82) is 0 Å². The van der Waals surface area contributed by atoms with Crippen LogP contribution in [0.5, 0.6) is 11.5 Å². The molecule has 0 aliphatic heterocycles. The van der Waals surface area contributed by atoms with Gasteiger partial charge in [-0.3, -0.25) is 4.79 Å². The number of methoxy groups -OCH3 is 1. The maximum atomic E-state index is 12.1. The molecule has 0 aliphatic carbocycles. The lowest BCUT2D eigenvalue weighted by Crippen LogP contribution is -2.27. The molecule has 0 aromatic heterocycles. The van der Waals surface area contributed by atoms with Crippen LogP contribution < -0.4 is 4.74 Å². The molecule has 210 valence electrons. The summed E-state index contributed by atoms with van der Waals surface area (Å²) in [6, 6.07) is 5.05. The molecule has 1 unspecified atom stereocenters. The minimum absolute atomic E-state index is 0.0882. The smallest absolute Gasteiger partial charge is 0.306 e. The van der Waals surface area contributed by atoms with E-state index in [0.717, 1.165) is 31.2 Å². The average Bonchev–Trinajstić information content (AvgIpc) is 2.90. The Morgan fingerprint density at radius 2 is 1.57 bits per heavy atom. The molecular formula is C31H50O6. The summed E-state index contributed by atoms with van der Waals surface area (Å²) in [5.74, 6) is 0.207. The van der Waals surface area contributed by atoms with E-state index in [2.05, 4.69) is 19.1 Å². The fourth-order valence-electron chi connectivity index (χ4n) is 3.96. The lowest BCUT2D eigenvalue weighted by atomic mass is 10.1. The molecule has 0 saturated carbocycles. The van der Waals surface area contributed by atoms with E-state index in [4.69, 9.17) is 14.2 Å². The predicted octanol–water partition coefficient (Wildman–Crippen LogP) is 7.37. The Kier molecular flexibility index (Phi) is 20.2. The number of benzene rings is 1. The summed E-state index contributed by atoms with van der Waals surface area (Å²) in [6.07, 6.45) is 23.8. The van der Waals surface area contributed by atoms with Crippen LogP contribution in [-0.4, -0.2) is 49.2 Å². The van der Waals surface area contributed by atoms with Gasteiger partial charge in [0.25, 0.3) is 0 Å². The van der Waals surface area contributed by atoms with E-state index in [-0.39, 0.29) is 24.9 Å². The van der Waals surface area contributed by atoms with Crippen molar-refractivity contribution in [2.45, 2.75) is 103 Å². The van der Waals surface area contributed by atoms with Crippen molar-refractivity contribution in [2.75, 3.05) is 26.9 Å². The van der Waals surface area contributed by atoms with Gasteiger partial charge in [0.05, 0.1) is 26.9 Å². The van der Waals surface area contributed by atoms with E-state index >= 15 is 0 Å². The number of aromatic hydroxyl groups is 1. The number of carbonyl (C=O) groups excluding carboxylic acids is 1. The van der Waals surface area contributed by atoms with Crippen LogP contribution in [0.2, 0.25) is 0 Å². The molecule has 6 nitrogen and oxygen atoms in total. The highest BCUT2D eigenvalue weighted by atomic mass is 16.6. The van der Waals surface area contributed by atoms with Crippen molar-refractivity contribution in [1.82, 2.24) is 0 Å². The molecule has 6 heteroatoms. The van der Waals surface area contributed by atoms with Crippen LogP contribution in [0.25, 0.3) is 6.08 Å². The molecule has 0 heterocycles. The number of rotatable bonds is 23. The third-order valence-corrected chi connectivity index (χ3v) is 6.18. The van der Waals surface area contributed by atoms with E-state index in [1.54, 1.807) is 18.2 Å². The summed E-state index contributed by atoms with van der Waals surface area (Å²) in [6.45, 7) is 2.44. The Morgan fingerprint density at radius 1 is 0.919 bits per heavy atom. The van der Waals surface area contributed by atoms with Crippen molar-refractivity contribution in [3.8, 4) is 11.5 Å². The Bertz CT molecular complexity index is 758. The van der Waals surface area contributed by atoms with E-state index in [9.17, 15) is 15.0 Å². The van der Waals surface area contributed by atoms with Crippen molar-refractivity contribution < 1.29 is 29.2 Å². The highest BCUT2D eigenvalue weighted by Crippen LogP contribution is 2.26. The molecule has 1 aromatic carbocycles. The topological polar surface area (TPSA) is 85.2 Å². The number of aliphatic hydroxyl groups is 1. The predicted molar refractivity (Wildman–Crippen MR) is 151 cm³/mol. The number of hydrogen-bond acceptors (Lipinski definition) is 6. The van der Waals surface area contributed by atoms with Crippen LogP contribution >= 0.6 is 0 Å². The number of unbranched alkanes of at least 4 members (excludes halogenated alkanes) is 11. The van der Waals surface area contributed by atoms with Crippen LogP contribution in [0.4, 0.5) is 0 Å². The molecule has 0 saturated heterocycles. The second kappa shape index (κ2) is 22.9. The van der Waals surface area contributed by atoms with Gasteiger partial charge in [0.15, 0.2) is 11.5 Å². The Hall–Kier alpha value is -2.31. The van der Waals surface area contributed by atoms with Gasteiger partial charge in [-0.1, -0.05) is 88.7 Å². The van der Waals surface area contributed by atoms with Crippen LogP contribution in [0.1, 0.15) is 102 Å². The first-order valence-corrected chi connectivity index (χ1v) is 14.2. The van der Waals surface area contributed by atoms with E-state index in [0.29, 0.717) is 18.8 Å². The molecule has 0 bridgehead atoms. The molecule has 37 heavy (non-hydrogen) atoms. The van der Waals surface area contributed by atoms with Gasteiger partial charge >= 0.3 is 5.97 Å². The zero-order chi connectivity index (χ0) is 27.0. The number of esters is 1. The van der Waals surface area contributed by atoms with Crippen molar-refractivity contribution in [3.63, 3.8) is 0 Å². The second-order valence-corrected chi connectivity index (χ2v) is 9.50. The molecular weight excluding hydrogens is 468 g/mol. The van der Waals surface area contributed by atoms with Gasteiger partial charge in [-0.2, -0.15) is 0 Å². The highest BCUT2D eigenvalue weighted by Gasteiger charge is 2.13.